The van der Waals surface area contributed by atoms with Gasteiger partial charge in [-0.2, -0.15) is 0 Å². The first-order valence-corrected chi connectivity index (χ1v) is 10.3. The van der Waals surface area contributed by atoms with Gasteiger partial charge < -0.3 is 15.0 Å². The van der Waals surface area contributed by atoms with Crippen molar-refractivity contribution in [2.45, 2.75) is 18.9 Å². The van der Waals surface area contributed by atoms with Crippen LogP contribution in [0.2, 0.25) is 0 Å². The summed E-state index contributed by atoms with van der Waals surface area (Å²) in [6.07, 6.45) is 1.45. The maximum absolute atomic E-state index is 12.9. The van der Waals surface area contributed by atoms with E-state index in [4.69, 9.17) is 4.74 Å². The van der Waals surface area contributed by atoms with Crippen molar-refractivity contribution in [3.63, 3.8) is 0 Å². The maximum atomic E-state index is 12.9. The SMILES string of the molecule is O=C(NCC(c1ccccc1)N1CCOCC1)c1cccc(N2CCCC2=O)c1. The number of carbonyl (C=O) groups excluding carboxylic acids is 2. The molecule has 152 valence electrons. The first-order valence-electron chi connectivity index (χ1n) is 10.3. The Balaban J connectivity index is 1.46. The van der Waals surface area contributed by atoms with E-state index in [0.29, 0.717) is 31.7 Å². The highest BCUT2D eigenvalue weighted by Crippen LogP contribution is 2.23. The van der Waals surface area contributed by atoms with E-state index in [1.165, 1.54) is 5.56 Å². The lowest BCUT2D eigenvalue weighted by atomic mass is 10.0. The number of hydrogen-bond donors (Lipinski definition) is 1. The van der Waals surface area contributed by atoms with E-state index in [1.54, 1.807) is 11.0 Å². The Morgan fingerprint density at radius 1 is 1.03 bits per heavy atom. The molecule has 2 amide bonds. The summed E-state index contributed by atoms with van der Waals surface area (Å²) in [5.74, 6) is 0.00621. The maximum Gasteiger partial charge on any atom is 0.251 e. The Morgan fingerprint density at radius 3 is 2.55 bits per heavy atom. The molecule has 2 heterocycles. The van der Waals surface area contributed by atoms with Gasteiger partial charge in [0.2, 0.25) is 5.91 Å². The summed E-state index contributed by atoms with van der Waals surface area (Å²) in [5.41, 5.74) is 2.56. The summed E-state index contributed by atoms with van der Waals surface area (Å²) in [4.78, 5) is 29.0. The zero-order valence-electron chi connectivity index (χ0n) is 16.5. The third kappa shape index (κ3) is 4.66. The molecular formula is C23H27N3O3. The smallest absolute Gasteiger partial charge is 0.251 e. The van der Waals surface area contributed by atoms with Crippen LogP contribution in [0.3, 0.4) is 0 Å². The lowest BCUT2D eigenvalue weighted by molar-refractivity contribution is -0.117. The van der Waals surface area contributed by atoms with Gasteiger partial charge in [0, 0.05) is 43.9 Å². The van der Waals surface area contributed by atoms with E-state index in [0.717, 1.165) is 31.7 Å². The molecule has 2 fully saturated rings. The Labute approximate surface area is 171 Å². The molecule has 0 radical (unpaired) electrons. The first kappa shape index (κ1) is 19.6. The zero-order chi connectivity index (χ0) is 20.1. The minimum Gasteiger partial charge on any atom is -0.379 e. The fraction of sp³-hybridized carbons (Fsp3) is 0.391. The molecule has 2 aromatic rings. The molecule has 0 spiro atoms. The predicted molar refractivity (Wildman–Crippen MR) is 112 cm³/mol. The monoisotopic (exact) mass is 393 g/mol. The van der Waals surface area contributed by atoms with Crippen LogP contribution in [0.5, 0.6) is 0 Å². The van der Waals surface area contributed by atoms with E-state index in [1.807, 2.05) is 36.4 Å². The second-order valence-electron chi connectivity index (χ2n) is 7.48. The normalized spacial score (nSPS) is 18.6. The number of anilines is 1. The topological polar surface area (TPSA) is 61.9 Å². The molecule has 6 nitrogen and oxygen atoms in total. The molecule has 0 saturated carbocycles. The third-order valence-corrected chi connectivity index (χ3v) is 5.62. The molecule has 29 heavy (non-hydrogen) atoms. The summed E-state index contributed by atoms with van der Waals surface area (Å²) in [6, 6.07) is 17.7. The van der Waals surface area contributed by atoms with Crippen molar-refractivity contribution in [1.29, 1.82) is 0 Å². The number of morpholine rings is 1. The van der Waals surface area contributed by atoms with Crippen molar-refractivity contribution in [3.05, 3.63) is 65.7 Å². The highest BCUT2D eigenvalue weighted by Gasteiger charge is 2.24. The minimum absolute atomic E-state index is 0.104. The molecule has 0 aliphatic carbocycles. The van der Waals surface area contributed by atoms with Gasteiger partial charge in [-0.25, -0.2) is 0 Å². The van der Waals surface area contributed by atoms with Crippen molar-refractivity contribution in [2.75, 3.05) is 44.3 Å². The largest absolute Gasteiger partial charge is 0.379 e. The lowest BCUT2D eigenvalue weighted by Crippen LogP contribution is -2.43. The van der Waals surface area contributed by atoms with E-state index in [2.05, 4.69) is 22.3 Å². The van der Waals surface area contributed by atoms with Gasteiger partial charge in [0.05, 0.1) is 19.3 Å². The molecule has 1 N–H and O–H groups in total. The standard InChI is InChI=1S/C23H27N3O3/c27-22-10-5-11-26(22)20-9-4-8-19(16-20)23(28)24-17-21(18-6-2-1-3-7-18)25-12-14-29-15-13-25/h1-4,6-9,16,21H,5,10-15,17H2,(H,24,28). The van der Waals surface area contributed by atoms with Gasteiger partial charge in [-0.05, 0) is 30.2 Å². The van der Waals surface area contributed by atoms with Gasteiger partial charge in [-0.1, -0.05) is 36.4 Å². The van der Waals surface area contributed by atoms with Gasteiger partial charge in [-0.15, -0.1) is 0 Å². The summed E-state index contributed by atoms with van der Waals surface area (Å²) in [6.45, 7) is 4.36. The Morgan fingerprint density at radius 2 is 1.83 bits per heavy atom. The van der Waals surface area contributed by atoms with Crippen LogP contribution in [-0.2, 0) is 9.53 Å². The highest BCUT2D eigenvalue weighted by molar-refractivity contribution is 5.99. The summed E-state index contributed by atoms with van der Waals surface area (Å²) in [7, 11) is 0. The number of nitrogens with zero attached hydrogens (tertiary/aromatic N) is 2. The Bertz CT molecular complexity index is 849. The second kappa shape index (κ2) is 9.20. The summed E-state index contributed by atoms with van der Waals surface area (Å²) >= 11 is 0. The molecular weight excluding hydrogens is 366 g/mol. The molecule has 1 unspecified atom stereocenters. The Kier molecular flexibility index (Phi) is 6.22. The molecule has 2 saturated heterocycles. The van der Waals surface area contributed by atoms with Gasteiger partial charge in [0.15, 0.2) is 0 Å². The minimum atomic E-state index is -0.118. The van der Waals surface area contributed by atoms with E-state index < -0.39 is 0 Å². The molecule has 1 atom stereocenters. The lowest BCUT2D eigenvalue weighted by Gasteiger charge is -2.35. The van der Waals surface area contributed by atoms with Crippen molar-refractivity contribution < 1.29 is 14.3 Å². The van der Waals surface area contributed by atoms with Crippen LogP contribution in [0.4, 0.5) is 5.69 Å². The number of benzene rings is 2. The molecule has 2 aromatic carbocycles. The van der Waals surface area contributed by atoms with Gasteiger partial charge in [-0.3, -0.25) is 14.5 Å². The molecule has 6 heteroatoms. The fourth-order valence-electron chi connectivity index (χ4n) is 4.05. The number of hydrogen-bond acceptors (Lipinski definition) is 4. The van der Waals surface area contributed by atoms with E-state index in [-0.39, 0.29) is 17.9 Å². The first-order chi connectivity index (χ1) is 14.2. The van der Waals surface area contributed by atoms with Crippen LogP contribution in [0.15, 0.2) is 54.6 Å². The molecule has 0 aromatic heterocycles. The van der Waals surface area contributed by atoms with Crippen molar-refractivity contribution in [2.24, 2.45) is 0 Å². The van der Waals surface area contributed by atoms with Gasteiger partial charge >= 0.3 is 0 Å². The fourth-order valence-corrected chi connectivity index (χ4v) is 4.05. The van der Waals surface area contributed by atoms with Gasteiger partial charge in [0.1, 0.15) is 0 Å². The quantitative estimate of drug-likeness (QED) is 0.820. The molecule has 2 aliphatic heterocycles. The number of nitrogens with one attached hydrogen (secondary N) is 1. The van der Waals surface area contributed by atoms with E-state index in [9.17, 15) is 9.59 Å². The van der Waals surface area contributed by atoms with Crippen LogP contribution in [-0.4, -0.2) is 56.1 Å². The molecule has 4 rings (SSSR count). The highest BCUT2D eigenvalue weighted by atomic mass is 16.5. The Hall–Kier alpha value is -2.70. The van der Waals surface area contributed by atoms with E-state index >= 15 is 0 Å². The van der Waals surface area contributed by atoms with Crippen molar-refractivity contribution >= 4 is 17.5 Å². The van der Waals surface area contributed by atoms with Crippen LogP contribution < -0.4 is 10.2 Å². The molecule has 2 aliphatic rings. The third-order valence-electron chi connectivity index (χ3n) is 5.62. The number of ether oxygens (including phenoxy) is 1. The van der Waals surface area contributed by atoms with Crippen molar-refractivity contribution in [3.8, 4) is 0 Å². The van der Waals surface area contributed by atoms with Crippen LogP contribution >= 0.6 is 0 Å². The number of amides is 2. The summed E-state index contributed by atoms with van der Waals surface area (Å²) < 4.78 is 5.49. The average Bonchev–Trinajstić information content (AvgIpc) is 3.21. The number of rotatable bonds is 6. The van der Waals surface area contributed by atoms with Crippen LogP contribution in [0.1, 0.15) is 34.8 Å². The van der Waals surface area contributed by atoms with Crippen LogP contribution in [0, 0.1) is 0 Å². The number of carbonyl (C=O) groups is 2. The second-order valence-corrected chi connectivity index (χ2v) is 7.48. The van der Waals surface area contributed by atoms with Crippen LogP contribution in [0.25, 0.3) is 0 Å². The van der Waals surface area contributed by atoms with Gasteiger partial charge in [0.25, 0.3) is 5.91 Å². The predicted octanol–water partition coefficient (Wildman–Crippen LogP) is 2.62. The van der Waals surface area contributed by atoms with Crippen molar-refractivity contribution in [1.82, 2.24) is 10.2 Å². The summed E-state index contributed by atoms with van der Waals surface area (Å²) in [5, 5.41) is 3.10. The molecule has 0 bridgehead atoms. The average molecular weight is 393 g/mol. The zero-order valence-corrected chi connectivity index (χ0v) is 16.5.